The number of ketones is 2. The van der Waals surface area contributed by atoms with Crippen molar-refractivity contribution in [3.63, 3.8) is 0 Å². The van der Waals surface area contributed by atoms with Gasteiger partial charge in [-0.15, -0.1) is 0 Å². The van der Waals surface area contributed by atoms with Gasteiger partial charge in [0.25, 0.3) is 0 Å². The van der Waals surface area contributed by atoms with Crippen molar-refractivity contribution in [2.24, 2.45) is 29.0 Å². The number of nitrogens with one attached hydrogen (secondary N) is 15. The van der Waals surface area contributed by atoms with Crippen molar-refractivity contribution < 1.29 is 107 Å². The number of fused-ring (bicyclic) bond motifs is 2. The number of hydrogen-bond acceptors (Lipinski definition) is 26. The number of imidazole rings is 1. The molecular formula is C101H146N20O22. The van der Waals surface area contributed by atoms with E-state index in [-0.39, 0.29) is 152 Å². The number of phenols is 3. The first-order valence-electron chi connectivity index (χ1n) is 49.3. The number of rotatable bonds is 51. The number of aromatic nitrogens is 3. The zero-order valence-corrected chi connectivity index (χ0v) is 83.1. The van der Waals surface area contributed by atoms with Crippen molar-refractivity contribution in [2.75, 3.05) is 52.6 Å². The highest BCUT2D eigenvalue weighted by Gasteiger charge is 2.45. The van der Waals surface area contributed by atoms with Crippen LogP contribution in [-0.4, -0.2) is 277 Å². The zero-order chi connectivity index (χ0) is 105. The van der Waals surface area contributed by atoms with Gasteiger partial charge in [-0.3, -0.25) is 82.0 Å². The van der Waals surface area contributed by atoms with Gasteiger partial charge in [0.2, 0.25) is 82.7 Å². The number of nitrogens with two attached hydrogens (primary N) is 3. The maximum absolute atomic E-state index is 15.9. The molecule has 2 fully saturated rings. The second kappa shape index (κ2) is 57.1. The summed E-state index contributed by atoms with van der Waals surface area (Å²) in [6, 6.07) is 5.57. The lowest BCUT2D eigenvalue weighted by Gasteiger charge is -2.33. The van der Waals surface area contributed by atoms with Gasteiger partial charge in [-0.2, -0.15) is 0 Å². The molecule has 14 amide bonds. The quantitative estimate of drug-likeness (QED) is 0.0239. The Labute approximate surface area is 832 Å². The van der Waals surface area contributed by atoms with E-state index < -0.39 is 209 Å². The molecule has 0 spiro atoms. The fourth-order valence-electron chi connectivity index (χ4n) is 16.9. The Balaban J connectivity index is 1.11. The standard InChI is InChI=1S/C101H146N20O22/c1-10-60(6)86(88(104)130)118-98(140)85(59(4)5)117-91(133)74-41-42-84(129)106-44-19-17-24-72(90(132)113-76(51-63-31-37-68(124)38-32-63)95(137)119-87(61(7)122)99(141)121-46-21-26-80(121)97(139)112-73(89(131)111-74)25-20-28-83(103)128)110-92(134)75(50-62-29-35-67(123)36-30-62)114-93(135)77(53-65-55-107-71-23-16-15-22-70(65)71)115-94(136)78(54-66-56-105-58-108-66)116-96(138)79(52-64-33-39-69(125)40-34-64)120-101(9,12-3)82(127)57-143-49-48-142-47-45-109-100(8,11-2)81(126)27-14-13-18-43-102/h15-16,22-23,29-40,55-56,58-61,72-80,85-87,107,109,120,122-125H,10-14,17-21,24-28,41-54,57,102H2,1-9H3,(H2,103,128)(H2,104,130)(H,105,108)(H,106,129)(H,110,134)(H,111,131)(H,112,139)(H,113,132)(H,114,135)(H,115,136)(H,116,138)(H,117,133)(H,118,140)(H,119,137)/t60?,61?,72?,73-,74-,75-,76-,77?,78-,79?,80-,85-,86-,87-,100?,101?/m0/s1. The van der Waals surface area contributed by atoms with Gasteiger partial charge in [0.15, 0.2) is 11.6 Å². The molecule has 0 saturated carbocycles. The van der Waals surface area contributed by atoms with Crippen molar-refractivity contribution in [3.05, 3.63) is 144 Å². The summed E-state index contributed by atoms with van der Waals surface area (Å²) in [7, 11) is 0. The van der Waals surface area contributed by atoms with Crippen LogP contribution >= 0.6 is 0 Å². The number of hydrogen-bond donors (Lipinski definition) is 22. The smallest absolute Gasteiger partial charge is 0.248 e. The molecule has 16 atom stereocenters. The van der Waals surface area contributed by atoms with Gasteiger partial charge >= 0.3 is 0 Å². The average molecular weight is 1990 g/mol. The fraction of sp³-hybridized carbons (Fsp3) is 0.554. The van der Waals surface area contributed by atoms with Gasteiger partial charge < -0.3 is 126 Å². The van der Waals surface area contributed by atoms with Crippen molar-refractivity contribution in [1.29, 1.82) is 0 Å². The maximum atomic E-state index is 15.9. The number of unbranched alkanes of at least 4 members (excludes halogenated alkanes) is 2. The molecule has 2 aliphatic rings. The Bertz CT molecular complexity index is 5240. The summed E-state index contributed by atoms with van der Waals surface area (Å²) in [5, 5.41) is 80.1. The van der Waals surface area contributed by atoms with Gasteiger partial charge in [-0.1, -0.05) is 109 Å². The molecule has 42 heteroatoms. The first-order valence-corrected chi connectivity index (χ1v) is 49.3. The molecule has 2 aromatic heterocycles. The number of benzene rings is 4. The largest absolute Gasteiger partial charge is 0.508 e. The lowest BCUT2D eigenvalue weighted by Crippen LogP contribution is -2.63. The number of aliphatic hydroxyl groups is 1. The van der Waals surface area contributed by atoms with Crippen molar-refractivity contribution >= 4 is 105 Å². The number of phenolic OH excluding ortho intramolecular Hbond substituents is 3. The molecule has 2 aliphatic heterocycles. The SMILES string of the molecule is CCC(C)[C@H](NC(=O)[C@@H](NC(=O)[C@@H]1CCC(=O)NCCCCC(NC(=O)[C@H](Cc2ccc(O)cc2)NC(=O)C(Cc2c[nH]c3ccccc23)NC(=O)[C@H](Cc2c[nH]cn2)NC(=O)C(Cc2ccc(O)cc2)NC(C)(CC)C(=O)COCCOCCNC(C)(CC)C(=O)CCCCCN)C(=O)N[C@@H](Cc2ccc(O)cc2)C(=O)N[C@@H](C(C)O)C(=O)N2CCC[C@H]2C(=O)N[C@@H](CCCC(N)=O)C(=O)N1)C(C)C)C(N)=O. The molecule has 0 aliphatic carbocycles. The number of amides is 14. The minimum Gasteiger partial charge on any atom is -0.508 e. The zero-order valence-electron chi connectivity index (χ0n) is 83.1. The highest BCUT2D eigenvalue weighted by molar-refractivity contribution is 6.01. The molecule has 6 aromatic rings. The van der Waals surface area contributed by atoms with E-state index in [9.17, 15) is 63.6 Å². The third-order valence-electron chi connectivity index (χ3n) is 26.3. The maximum Gasteiger partial charge on any atom is 0.248 e. The molecule has 25 N–H and O–H groups in total. The molecule has 8 rings (SSSR count). The van der Waals surface area contributed by atoms with E-state index in [0.29, 0.717) is 65.5 Å². The molecular weight excluding hydrogens is 1850 g/mol. The van der Waals surface area contributed by atoms with E-state index in [1.54, 1.807) is 84.1 Å². The summed E-state index contributed by atoms with van der Waals surface area (Å²) in [6.07, 6.45) is 3.57. The number of ether oxygens (including phenoxy) is 2. The van der Waals surface area contributed by atoms with Gasteiger partial charge in [0.1, 0.15) is 90.3 Å². The van der Waals surface area contributed by atoms with E-state index in [4.69, 9.17) is 26.7 Å². The van der Waals surface area contributed by atoms with Crippen LogP contribution in [0.1, 0.15) is 199 Å². The number of nitrogens with zero attached hydrogens (tertiary/aromatic N) is 2. The molecule has 4 heterocycles. The molecule has 782 valence electrons. The molecule has 143 heavy (non-hydrogen) atoms. The van der Waals surface area contributed by atoms with Crippen LogP contribution < -0.4 is 86.3 Å². The Morgan fingerprint density at radius 3 is 1.78 bits per heavy atom. The van der Waals surface area contributed by atoms with Crippen molar-refractivity contribution in [2.45, 2.75) is 293 Å². The fourth-order valence-corrected chi connectivity index (χ4v) is 16.9. The lowest BCUT2D eigenvalue weighted by molar-refractivity contribution is -0.144. The number of H-pyrrole nitrogens is 2. The lowest BCUT2D eigenvalue weighted by atomic mass is 9.90. The second-order valence-corrected chi connectivity index (χ2v) is 37.6. The van der Waals surface area contributed by atoms with Gasteiger partial charge in [0.05, 0.1) is 55.1 Å². The van der Waals surface area contributed by atoms with E-state index in [1.807, 2.05) is 13.8 Å². The third-order valence-corrected chi connectivity index (χ3v) is 26.3. The number of aromatic amines is 2. The van der Waals surface area contributed by atoms with Crippen LogP contribution in [0.25, 0.3) is 10.9 Å². The van der Waals surface area contributed by atoms with E-state index in [0.717, 1.165) is 24.2 Å². The van der Waals surface area contributed by atoms with Crippen LogP contribution in [0.2, 0.25) is 0 Å². The summed E-state index contributed by atoms with van der Waals surface area (Å²) in [6.45, 7) is 15.6. The van der Waals surface area contributed by atoms with Crippen molar-refractivity contribution in [3.8, 4) is 17.2 Å². The van der Waals surface area contributed by atoms with Crippen LogP contribution in [0, 0.1) is 11.8 Å². The molecule has 42 nitrogen and oxygen atoms in total. The normalized spacial score (nSPS) is 19.6. The molecule has 0 bridgehead atoms. The average Bonchev–Trinajstić information content (AvgIpc) is 1.70. The summed E-state index contributed by atoms with van der Waals surface area (Å²) in [5.41, 5.74) is 17.3. The first kappa shape index (κ1) is 115. The predicted molar refractivity (Wildman–Crippen MR) is 530 cm³/mol. The first-order chi connectivity index (χ1) is 68.2. The van der Waals surface area contributed by atoms with Gasteiger partial charge in [-0.05, 0) is 187 Å². The Hall–Kier alpha value is -13.3. The summed E-state index contributed by atoms with van der Waals surface area (Å²) >= 11 is 0. The van der Waals surface area contributed by atoms with Crippen LogP contribution in [0.15, 0.2) is 116 Å². The summed E-state index contributed by atoms with van der Waals surface area (Å²) in [4.78, 5) is 245. The third kappa shape index (κ3) is 36.0. The molecule has 7 unspecified atom stereocenters. The monoisotopic (exact) mass is 1990 g/mol. The Morgan fingerprint density at radius 2 is 1.17 bits per heavy atom. The second-order valence-electron chi connectivity index (χ2n) is 37.6. The number of carbonyl (C=O) groups excluding carboxylic acids is 16. The van der Waals surface area contributed by atoms with Crippen molar-refractivity contribution in [1.82, 2.24) is 89.0 Å². The van der Waals surface area contributed by atoms with Crippen LogP contribution in [0.5, 0.6) is 17.2 Å². The van der Waals surface area contributed by atoms with Crippen LogP contribution in [0.4, 0.5) is 0 Å². The number of para-hydroxylation sites is 1. The highest BCUT2D eigenvalue weighted by atomic mass is 16.5. The molecule has 4 aromatic carbocycles. The number of aliphatic hydroxyl groups excluding tert-OH is 1. The van der Waals surface area contributed by atoms with Crippen LogP contribution in [-0.2, 0) is 118 Å². The summed E-state index contributed by atoms with van der Waals surface area (Å²) < 4.78 is 11.7. The van der Waals surface area contributed by atoms with Gasteiger partial charge in [-0.25, -0.2) is 4.98 Å². The minimum atomic E-state index is -1.86. The van der Waals surface area contributed by atoms with E-state index in [1.165, 1.54) is 80.1 Å². The Morgan fingerprint density at radius 1 is 0.573 bits per heavy atom. The number of aromatic hydroxyl groups is 3. The number of carbonyl (C=O) groups is 16. The van der Waals surface area contributed by atoms with Crippen LogP contribution in [0.3, 0.4) is 0 Å². The van der Waals surface area contributed by atoms with E-state index in [2.05, 4.69) is 84.1 Å². The van der Waals surface area contributed by atoms with Gasteiger partial charge in [0, 0.05) is 87.9 Å². The predicted octanol–water partition coefficient (Wildman–Crippen LogP) is 1.24. The summed E-state index contributed by atoms with van der Waals surface area (Å²) in [5.74, 6) is -14.7. The Kier molecular flexibility index (Phi) is 45.9. The molecule has 0 radical (unpaired) electrons. The number of Topliss-reactive ketones (excluding diaryl/α,β-unsaturated/α-hetero) is 2. The molecule has 2 saturated heterocycles. The van der Waals surface area contributed by atoms with E-state index >= 15 is 33.6 Å². The number of primary amides is 2. The topological polar surface area (TPSA) is 655 Å². The minimum absolute atomic E-state index is 0.0133. The highest BCUT2D eigenvalue weighted by Crippen LogP contribution is 2.26.